The zero-order valence-electron chi connectivity index (χ0n) is 19.0. The Hall–Kier alpha value is -2.75. The topological polar surface area (TPSA) is 101 Å². The molecule has 0 fully saturated rings. The first-order valence-electron chi connectivity index (χ1n) is 10.3. The third-order valence-electron chi connectivity index (χ3n) is 5.50. The number of carbonyl (C=O) groups is 1. The fraction of sp³-hybridized carbons (Fsp3) is 0.348. The summed E-state index contributed by atoms with van der Waals surface area (Å²) in [6.45, 7) is 1.19. The zero-order valence-corrected chi connectivity index (χ0v) is 20.7. The van der Waals surface area contributed by atoms with Crippen molar-refractivity contribution < 1.29 is 22.1 Å². The zero-order chi connectivity index (χ0) is 23.0. The van der Waals surface area contributed by atoms with E-state index in [9.17, 15) is 13.2 Å². The highest BCUT2D eigenvalue weighted by Gasteiger charge is 2.31. The lowest BCUT2D eigenvalue weighted by molar-refractivity contribution is 0.0966. The first-order valence-corrected chi connectivity index (χ1v) is 12.2. The molecule has 1 amide bonds. The van der Waals surface area contributed by atoms with Crippen molar-refractivity contribution in [1.82, 2.24) is 15.2 Å². The van der Waals surface area contributed by atoms with Crippen molar-refractivity contribution in [3.05, 3.63) is 47.0 Å². The second-order valence-corrected chi connectivity index (χ2v) is 9.87. The van der Waals surface area contributed by atoms with Crippen molar-refractivity contribution in [2.45, 2.75) is 19.4 Å². The molecule has 2 heterocycles. The molecule has 1 aliphatic rings. The number of fused-ring (bicyclic) bond motifs is 2. The van der Waals surface area contributed by atoms with Crippen molar-refractivity contribution in [2.24, 2.45) is 0 Å². The molecule has 0 bridgehead atoms. The molecule has 33 heavy (non-hydrogen) atoms. The first kappa shape index (κ1) is 24.9. The monoisotopic (exact) mass is 493 g/mol. The number of ether oxygens (including phenoxy) is 1. The van der Waals surface area contributed by atoms with Crippen molar-refractivity contribution >= 4 is 39.3 Å². The van der Waals surface area contributed by atoms with Crippen LogP contribution in [0.25, 0.3) is 22.2 Å². The fourth-order valence-corrected chi connectivity index (χ4v) is 4.55. The molecule has 3 aromatic rings. The summed E-state index contributed by atoms with van der Waals surface area (Å²) in [6.07, 6.45) is 3.02. The SMILES string of the molecule is COc1cc(-c2cc3cc(CCCN(C)C)ccc3[nH]2)c2c(c1OS(C)(=O)=O)CNC2=O.Cl. The number of nitrogens with one attached hydrogen (secondary N) is 2. The molecule has 0 spiro atoms. The van der Waals surface area contributed by atoms with Crippen LogP contribution in [0.15, 0.2) is 30.3 Å². The van der Waals surface area contributed by atoms with Gasteiger partial charge in [-0.15, -0.1) is 12.4 Å². The van der Waals surface area contributed by atoms with Gasteiger partial charge in [-0.3, -0.25) is 4.79 Å². The van der Waals surface area contributed by atoms with Gasteiger partial charge in [0.2, 0.25) is 0 Å². The number of carbonyl (C=O) groups excluding carboxylic acids is 1. The van der Waals surface area contributed by atoms with Gasteiger partial charge in [-0.25, -0.2) is 0 Å². The molecule has 0 atom stereocenters. The maximum atomic E-state index is 12.6. The maximum absolute atomic E-state index is 12.6. The third kappa shape index (κ3) is 5.26. The van der Waals surface area contributed by atoms with Gasteiger partial charge >= 0.3 is 10.1 Å². The van der Waals surface area contributed by atoms with Crippen molar-refractivity contribution in [3.8, 4) is 22.8 Å². The number of nitrogens with zero attached hydrogens (tertiary/aromatic N) is 1. The number of methoxy groups -OCH3 is 1. The van der Waals surface area contributed by atoms with Crippen LogP contribution >= 0.6 is 12.4 Å². The Bertz CT molecular complexity index is 1300. The summed E-state index contributed by atoms with van der Waals surface area (Å²) in [6, 6.07) is 9.96. The van der Waals surface area contributed by atoms with Crippen LogP contribution in [0.3, 0.4) is 0 Å². The van der Waals surface area contributed by atoms with Gasteiger partial charge in [0.1, 0.15) is 0 Å². The molecule has 0 unspecified atom stereocenters. The van der Waals surface area contributed by atoms with E-state index in [2.05, 4.69) is 41.4 Å². The molecule has 2 aromatic carbocycles. The van der Waals surface area contributed by atoms with Crippen LogP contribution in [0.4, 0.5) is 0 Å². The van der Waals surface area contributed by atoms with E-state index in [0.29, 0.717) is 16.7 Å². The first-order chi connectivity index (χ1) is 15.2. The van der Waals surface area contributed by atoms with Gasteiger partial charge in [0.25, 0.3) is 5.91 Å². The van der Waals surface area contributed by atoms with Gasteiger partial charge in [-0.05, 0) is 63.3 Å². The van der Waals surface area contributed by atoms with E-state index in [4.69, 9.17) is 8.92 Å². The number of aryl methyl sites for hydroxylation is 1. The molecule has 0 radical (unpaired) electrons. The van der Waals surface area contributed by atoms with E-state index in [0.717, 1.165) is 42.2 Å². The Morgan fingerprint density at radius 2 is 1.91 bits per heavy atom. The van der Waals surface area contributed by atoms with Gasteiger partial charge in [-0.2, -0.15) is 8.42 Å². The van der Waals surface area contributed by atoms with Crippen molar-refractivity contribution in [2.75, 3.05) is 34.0 Å². The Labute approximate surface area is 199 Å². The number of hydrogen-bond donors (Lipinski definition) is 2. The number of hydrogen-bond acceptors (Lipinski definition) is 6. The summed E-state index contributed by atoms with van der Waals surface area (Å²) < 4.78 is 34.1. The number of rotatable bonds is 8. The third-order valence-corrected chi connectivity index (χ3v) is 5.97. The largest absolute Gasteiger partial charge is 0.493 e. The second-order valence-electron chi connectivity index (χ2n) is 8.29. The molecule has 8 nitrogen and oxygen atoms in total. The number of H-pyrrole nitrogens is 1. The van der Waals surface area contributed by atoms with Gasteiger partial charge in [0.05, 0.1) is 18.9 Å². The molecular weight excluding hydrogens is 466 g/mol. The minimum absolute atomic E-state index is 0. The number of amides is 1. The second kappa shape index (κ2) is 9.62. The Kier molecular flexibility index (Phi) is 7.26. The highest BCUT2D eigenvalue weighted by molar-refractivity contribution is 7.86. The molecule has 1 aromatic heterocycles. The molecule has 10 heteroatoms. The molecule has 0 saturated carbocycles. The quantitative estimate of drug-likeness (QED) is 0.467. The van der Waals surface area contributed by atoms with Gasteiger partial charge < -0.3 is 24.1 Å². The van der Waals surface area contributed by atoms with Crippen LogP contribution in [0.1, 0.15) is 27.9 Å². The number of aromatic nitrogens is 1. The van der Waals surface area contributed by atoms with E-state index in [1.165, 1.54) is 12.7 Å². The summed E-state index contributed by atoms with van der Waals surface area (Å²) in [5.41, 5.74) is 4.46. The van der Waals surface area contributed by atoms with E-state index in [1.807, 2.05) is 12.1 Å². The fourth-order valence-electron chi connectivity index (χ4n) is 4.07. The van der Waals surface area contributed by atoms with Gasteiger partial charge in [0.15, 0.2) is 11.5 Å². The van der Waals surface area contributed by atoms with E-state index in [-0.39, 0.29) is 36.4 Å². The van der Waals surface area contributed by atoms with E-state index >= 15 is 0 Å². The lowest BCUT2D eigenvalue weighted by atomic mass is 9.98. The predicted molar refractivity (Wildman–Crippen MR) is 131 cm³/mol. The minimum atomic E-state index is -3.79. The highest BCUT2D eigenvalue weighted by atomic mass is 35.5. The maximum Gasteiger partial charge on any atom is 0.306 e. The van der Waals surface area contributed by atoms with Crippen LogP contribution in [0.2, 0.25) is 0 Å². The lowest BCUT2D eigenvalue weighted by Gasteiger charge is -2.15. The van der Waals surface area contributed by atoms with Crippen molar-refractivity contribution in [3.63, 3.8) is 0 Å². The summed E-state index contributed by atoms with van der Waals surface area (Å²) in [4.78, 5) is 18.2. The average molecular weight is 494 g/mol. The van der Waals surface area contributed by atoms with Crippen molar-refractivity contribution in [1.29, 1.82) is 0 Å². The molecule has 1 aliphatic heterocycles. The number of aromatic amines is 1. The van der Waals surface area contributed by atoms with Crippen LogP contribution in [-0.2, 0) is 23.1 Å². The smallest absolute Gasteiger partial charge is 0.306 e. The Balaban J connectivity index is 0.00000306. The minimum Gasteiger partial charge on any atom is -0.493 e. The Morgan fingerprint density at radius 3 is 2.58 bits per heavy atom. The van der Waals surface area contributed by atoms with Crippen LogP contribution in [0, 0.1) is 0 Å². The van der Waals surface area contributed by atoms with Crippen LogP contribution in [0.5, 0.6) is 11.5 Å². The molecular formula is C23H28ClN3O5S. The van der Waals surface area contributed by atoms with Gasteiger partial charge in [0, 0.05) is 34.3 Å². The molecule has 2 N–H and O–H groups in total. The highest BCUT2D eigenvalue weighted by Crippen LogP contribution is 2.43. The molecule has 178 valence electrons. The summed E-state index contributed by atoms with van der Waals surface area (Å²) in [5.74, 6) is 0.0223. The van der Waals surface area contributed by atoms with E-state index in [1.54, 1.807) is 6.07 Å². The van der Waals surface area contributed by atoms with E-state index < -0.39 is 10.1 Å². The lowest BCUT2D eigenvalue weighted by Crippen LogP contribution is -2.13. The summed E-state index contributed by atoms with van der Waals surface area (Å²) >= 11 is 0. The number of benzene rings is 2. The standard InChI is InChI=1S/C23H27N3O5S.ClH/c1-26(2)9-5-6-14-7-8-18-15(10-14)11-19(25-18)16-12-20(30-3)22(31-32(4,28)29)17-13-24-23(27)21(16)17;/h7-8,10-12,25H,5-6,9,13H2,1-4H3,(H,24,27);1H. The Morgan fingerprint density at radius 1 is 1.15 bits per heavy atom. The summed E-state index contributed by atoms with van der Waals surface area (Å²) in [7, 11) is 1.78. The normalized spacial score (nSPS) is 13.1. The molecule has 4 rings (SSSR count). The average Bonchev–Trinajstić information content (AvgIpc) is 3.30. The van der Waals surface area contributed by atoms with Crippen LogP contribution in [-0.4, -0.2) is 58.2 Å². The van der Waals surface area contributed by atoms with Crippen LogP contribution < -0.4 is 14.2 Å². The predicted octanol–water partition coefficient (Wildman–Crippen LogP) is 3.34. The molecule has 0 aliphatic carbocycles. The van der Waals surface area contributed by atoms with Gasteiger partial charge in [-0.1, -0.05) is 6.07 Å². The summed E-state index contributed by atoms with van der Waals surface area (Å²) in [5, 5.41) is 3.81. The number of halogens is 1. The molecule has 0 saturated heterocycles.